The van der Waals surface area contributed by atoms with Crippen LogP contribution in [0, 0.1) is 6.92 Å². The molecule has 2 aromatic carbocycles. The van der Waals surface area contributed by atoms with Gasteiger partial charge in [-0.15, -0.1) is 0 Å². The van der Waals surface area contributed by atoms with Crippen molar-refractivity contribution in [2.75, 3.05) is 37.4 Å². The van der Waals surface area contributed by atoms with Crippen molar-refractivity contribution in [2.24, 2.45) is 0 Å². The monoisotopic (exact) mass is 466 g/mol. The first-order valence-corrected chi connectivity index (χ1v) is 13.0. The van der Waals surface area contributed by atoms with Crippen LogP contribution in [0.15, 0.2) is 36.4 Å². The summed E-state index contributed by atoms with van der Waals surface area (Å²) in [4.78, 5) is 17.7. The number of carbonyl (C=O) groups is 1. The maximum atomic E-state index is 13.1. The minimum atomic E-state index is -0.497. The SMILES string of the molecule is COc1ccc([C@]23CCN(C(=O)OC(C)(C)C)C[C@H]2c2cccc4c2N3CCSC4)c(C)c1. The molecule has 5 nitrogen and oxygen atoms in total. The zero-order valence-corrected chi connectivity index (χ0v) is 21.1. The molecule has 0 saturated carbocycles. The number of amides is 1. The summed E-state index contributed by atoms with van der Waals surface area (Å²) >= 11 is 2.01. The molecule has 0 aromatic heterocycles. The molecule has 3 aliphatic heterocycles. The number of benzene rings is 2. The van der Waals surface area contributed by atoms with Crippen molar-refractivity contribution >= 4 is 23.5 Å². The fraction of sp³-hybridized carbons (Fsp3) is 0.519. The van der Waals surface area contributed by atoms with Gasteiger partial charge < -0.3 is 19.3 Å². The lowest BCUT2D eigenvalue weighted by molar-refractivity contribution is 0.0137. The molecule has 2 atom stereocenters. The van der Waals surface area contributed by atoms with Crippen molar-refractivity contribution in [3.8, 4) is 5.75 Å². The van der Waals surface area contributed by atoms with E-state index < -0.39 is 5.60 Å². The second kappa shape index (κ2) is 8.15. The first-order valence-electron chi connectivity index (χ1n) is 11.8. The molecular weight excluding hydrogens is 432 g/mol. The van der Waals surface area contributed by atoms with Gasteiger partial charge in [0.15, 0.2) is 0 Å². The Morgan fingerprint density at radius 2 is 2.00 bits per heavy atom. The zero-order valence-electron chi connectivity index (χ0n) is 20.3. The van der Waals surface area contributed by atoms with Gasteiger partial charge in [-0.25, -0.2) is 4.79 Å². The number of hydrogen-bond donors (Lipinski definition) is 0. The number of likely N-dealkylation sites (tertiary alicyclic amines) is 1. The standard InChI is InChI=1S/C27H34N2O3S/c1-18-15-20(31-5)9-10-22(18)27-11-12-28(25(30)32-26(2,3)4)16-23(27)21-8-6-7-19-17-33-14-13-29(27)24(19)21/h6-10,15,23H,11-14,16-17H2,1-5H3/t23-,27+/m0/s1. The molecule has 33 heavy (non-hydrogen) atoms. The minimum Gasteiger partial charge on any atom is -0.497 e. The number of rotatable bonds is 2. The Bertz CT molecular complexity index is 1080. The molecule has 0 unspecified atom stereocenters. The number of para-hydroxylation sites is 1. The third-order valence-corrected chi connectivity index (χ3v) is 8.27. The highest BCUT2D eigenvalue weighted by Crippen LogP contribution is 2.59. The van der Waals surface area contributed by atoms with Crippen LogP contribution < -0.4 is 9.64 Å². The summed E-state index contributed by atoms with van der Waals surface area (Å²) in [5.74, 6) is 3.23. The Kier molecular flexibility index (Phi) is 5.55. The zero-order chi connectivity index (χ0) is 23.4. The number of methoxy groups -OCH3 is 1. The van der Waals surface area contributed by atoms with E-state index in [2.05, 4.69) is 48.2 Å². The first-order chi connectivity index (χ1) is 15.7. The maximum Gasteiger partial charge on any atom is 0.410 e. The molecule has 6 heteroatoms. The molecule has 1 saturated heterocycles. The van der Waals surface area contributed by atoms with Crippen molar-refractivity contribution in [2.45, 2.75) is 56.9 Å². The second-order valence-electron chi connectivity index (χ2n) is 10.4. The number of fused-ring (bicyclic) bond motifs is 3. The molecule has 1 fully saturated rings. The second-order valence-corrected chi connectivity index (χ2v) is 11.5. The number of ether oxygens (including phenoxy) is 2. The highest BCUT2D eigenvalue weighted by molar-refractivity contribution is 7.98. The first kappa shape index (κ1) is 22.5. The van der Waals surface area contributed by atoms with E-state index in [4.69, 9.17) is 9.47 Å². The van der Waals surface area contributed by atoms with Crippen LogP contribution in [0.2, 0.25) is 0 Å². The van der Waals surface area contributed by atoms with Crippen LogP contribution in [-0.4, -0.2) is 49.1 Å². The van der Waals surface area contributed by atoms with Gasteiger partial charge in [0.05, 0.1) is 12.6 Å². The summed E-state index contributed by atoms with van der Waals surface area (Å²) in [7, 11) is 1.72. The predicted molar refractivity (Wildman–Crippen MR) is 135 cm³/mol. The van der Waals surface area contributed by atoms with Gasteiger partial charge in [0.1, 0.15) is 11.4 Å². The van der Waals surface area contributed by atoms with Gasteiger partial charge in [-0.1, -0.05) is 24.3 Å². The number of nitrogens with zero attached hydrogens (tertiary/aromatic N) is 2. The topological polar surface area (TPSA) is 42.0 Å². The van der Waals surface area contributed by atoms with Crippen molar-refractivity contribution in [3.63, 3.8) is 0 Å². The molecule has 0 radical (unpaired) electrons. The van der Waals surface area contributed by atoms with E-state index in [-0.39, 0.29) is 17.6 Å². The van der Waals surface area contributed by atoms with E-state index in [9.17, 15) is 4.79 Å². The number of piperidine rings is 1. The Labute approximate surface area is 201 Å². The third kappa shape index (κ3) is 3.67. The fourth-order valence-corrected chi connectivity index (χ4v) is 6.93. The van der Waals surface area contributed by atoms with E-state index in [0.29, 0.717) is 13.1 Å². The number of anilines is 1. The molecule has 0 N–H and O–H groups in total. The Morgan fingerprint density at radius 1 is 1.18 bits per heavy atom. The summed E-state index contributed by atoms with van der Waals surface area (Å²) in [6.45, 7) is 10.4. The number of carbonyl (C=O) groups excluding carboxylic acids is 1. The predicted octanol–water partition coefficient (Wildman–Crippen LogP) is 5.69. The highest BCUT2D eigenvalue weighted by Gasteiger charge is 2.56. The van der Waals surface area contributed by atoms with Crippen LogP contribution in [0.1, 0.15) is 55.4 Å². The number of thioether (sulfide) groups is 1. The smallest absolute Gasteiger partial charge is 0.410 e. The largest absolute Gasteiger partial charge is 0.497 e. The molecule has 2 aromatic rings. The summed E-state index contributed by atoms with van der Waals surface area (Å²) in [5, 5.41) is 0. The van der Waals surface area contributed by atoms with Crippen molar-refractivity contribution in [1.82, 2.24) is 4.90 Å². The Morgan fingerprint density at radius 3 is 2.73 bits per heavy atom. The average Bonchev–Trinajstić information content (AvgIpc) is 2.89. The van der Waals surface area contributed by atoms with E-state index >= 15 is 0 Å². The van der Waals surface area contributed by atoms with Gasteiger partial charge in [0, 0.05) is 42.7 Å². The normalized spacial score (nSPS) is 24.1. The average molecular weight is 467 g/mol. The lowest BCUT2D eigenvalue weighted by atomic mass is 9.70. The number of aryl methyl sites for hydroxylation is 1. The summed E-state index contributed by atoms with van der Waals surface area (Å²) < 4.78 is 11.3. The summed E-state index contributed by atoms with van der Waals surface area (Å²) in [6.07, 6.45) is 0.671. The lowest BCUT2D eigenvalue weighted by Crippen LogP contribution is -2.56. The van der Waals surface area contributed by atoms with Crippen LogP contribution in [-0.2, 0) is 16.0 Å². The molecule has 1 amide bonds. The van der Waals surface area contributed by atoms with Crippen LogP contribution in [0.4, 0.5) is 10.5 Å². The molecule has 5 rings (SSSR count). The van der Waals surface area contributed by atoms with Gasteiger partial charge in [0.25, 0.3) is 0 Å². The van der Waals surface area contributed by atoms with E-state index in [0.717, 1.165) is 30.2 Å². The van der Waals surface area contributed by atoms with Gasteiger partial charge >= 0.3 is 6.09 Å². The molecule has 176 valence electrons. The van der Waals surface area contributed by atoms with E-state index in [1.54, 1.807) is 7.11 Å². The van der Waals surface area contributed by atoms with Crippen LogP contribution in [0.5, 0.6) is 5.75 Å². The third-order valence-electron chi connectivity index (χ3n) is 7.29. The van der Waals surface area contributed by atoms with Crippen molar-refractivity contribution in [3.05, 3.63) is 58.7 Å². The lowest BCUT2D eigenvalue weighted by Gasteiger charge is -2.50. The van der Waals surface area contributed by atoms with Crippen LogP contribution in [0.25, 0.3) is 0 Å². The van der Waals surface area contributed by atoms with E-state index in [1.807, 2.05) is 37.4 Å². The molecule has 0 aliphatic carbocycles. The quantitative estimate of drug-likeness (QED) is 0.569. The van der Waals surface area contributed by atoms with Crippen molar-refractivity contribution < 1.29 is 14.3 Å². The molecule has 0 bridgehead atoms. The molecule has 0 spiro atoms. The van der Waals surface area contributed by atoms with Crippen molar-refractivity contribution in [1.29, 1.82) is 0 Å². The molecular formula is C27H34N2O3S. The fourth-order valence-electron chi connectivity index (χ4n) is 6.02. The van der Waals surface area contributed by atoms with Gasteiger partial charge in [-0.3, -0.25) is 0 Å². The molecule has 3 aliphatic rings. The summed E-state index contributed by atoms with van der Waals surface area (Å²) in [5.41, 5.74) is 6.12. The van der Waals surface area contributed by atoms with E-state index in [1.165, 1.54) is 27.9 Å². The Hall–Kier alpha value is -2.34. The highest BCUT2D eigenvalue weighted by atomic mass is 32.2. The van der Waals surface area contributed by atoms with Gasteiger partial charge in [-0.05, 0) is 68.5 Å². The van der Waals surface area contributed by atoms with Gasteiger partial charge in [0.2, 0.25) is 0 Å². The van der Waals surface area contributed by atoms with Gasteiger partial charge in [-0.2, -0.15) is 11.8 Å². The van der Waals surface area contributed by atoms with Crippen LogP contribution in [0.3, 0.4) is 0 Å². The maximum absolute atomic E-state index is 13.1. The van der Waals surface area contributed by atoms with Crippen LogP contribution >= 0.6 is 11.8 Å². The Balaban J connectivity index is 1.64. The minimum absolute atomic E-state index is 0.168. The molecule has 3 heterocycles. The summed E-state index contributed by atoms with van der Waals surface area (Å²) in [6, 6.07) is 13.3. The number of hydrogen-bond acceptors (Lipinski definition) is 5.